The van der Waals surface area contributed by atoms with Crippen LogP contribution in [0.5, 0.6) is 0 Å². The lowest BCUT2D eigenvalue weighted by Gasteiger charge is -2.38. The second-order valence-electron chi connectivity index (χ2n) is 9.03. The molecule has 0 radical (unpaired) electrons. The van der Waals surface area contributed by atoms with Crippen LogP contribution >= 0.6 is 11.3 Å². The van der Waals surface area contributed by atoms with Crippen LogP contribution in [0.1, 0.15) is 59.3 Å². The smallest absolute Gasteiger partial charge is 0.263 e. The SMILES string of the molecule is O=C(NC(CCc1ccc(C(F)F)cc1)C(=O)N1CCCCC1CC1=CC=CNC1)c1cccs1. The van der Waals surface area contributed by atoms with Gasteiger partial charge in [0, 0.05) is 24.7 Å². The van der Waals surface area contributed by atoms with Gasteiger partial charge in [-0.15, -0.1) is 11.3 Å². The van der Waals surface area contributed by atoms with Crippen molar-refractivity contribution in [3.63, 3.8) is 0 Å². The number of benzene rings is 1. The Balaban J connectivity index is 1.48. The molecule has 1 aromatic heterocycles. The Morgan fingerprint density at radius 1 is 1.17 bits per heavy atom. The zero-order chi connectivity index (χ0) is 24.6. The molecule has 2 amide bonds. The van der Waals surface area contributed by atoms with Crippen molar-refractivity contribution in [2.45, 2.75) is 57.0 Å². The van der Waals surface area contributed by atoms with E-state index in [0.29, 0.717) is 24.3 Å². The van der Waals surface area contributed by atoms with E-state index in [-0.39, 0.29) is 23.4 Å². The second-order valence-corrected chi connectivity index (χ2v) is 9.98. The molecule has 1 aromatic carbocycles. The summed E-state index contributed by atoms with van der Waals surface area (Å²) >= 11 is 1.33. The summed E-state index contributed by atoms with van der Waals surface area (Å²) in [4.78, 5) is 29.1. The first kappa shape index (κ1) is 25.1. The number of likely N-dealkylation sites (tertiary alicyclic amines) is 1. The lowest BCUT2D eigenvalue weighted by Crippen LogP contribution is -2.53. The number of carbonyl (C=O) groups is 2. The van der Waals surface area contributed by atoms with Crippen LogP contribution in [0, 0.1) is 0 Å². The summed E-state index contributed by atoms with van der Waals surface area (Å²) in [6.07, 6.45) is 8.17. The summed E-state index contributed by atoms with van der Waals surface area (Å²) in [5, 5.41) is 8.02. The molecule has 4 rings (SSSR count). The zero-order valence-electron chi connectivity index (χ0n) is 19.6. The van der Waals surface area contributed by atoms with Gasteiger partial charge in [-0.3, -0.25) is 9.59 Å². The third-order valence-corrected chi connectivity index (χ3v) is 7.45. The van der Waals surface area contributed by atoms with E-state index in [1.807, 2.05) is 28.6 Å². The van der Waals surface area contributed by atoms with Gasteiger partial charge >= 0.3 is 0 Å². The number of halogens is 2. The van der Waals surface area contributed by atoms with Crippen LogP contribution in [0.2, 0.25) is 0 Å². The maximum Gasteiger partial charge on any atom is 0.263 e. The quantitative estimate of drug-likeness (QED) is 0.497. The Bertz CT molecular complexity index is 1050. The molecule has 0 bridgehead atoms. The van der Waals surface area contributed by atoms with Crippen LogP contribution in [0.25, 0.3) is 0 Å². The highest BCUT2D eigenvalue weighted by molar-refractivity contribution is 7.12. The first-order chi connectivity index (χ1) is 17.0. The zero-order valence-corrected chi connectivity index (χ0v) is 20.4. The van der Waals surface area contributed by atoms with E-state index in [1.165, 1.54) is 29.0 Å². The van der Waals surface area contributed by atoms with E-state index in [1.54, 1.807) is 18.2 Å². The maximum atomic E-state index is 13.8. The summed E-state index contributed by atoms with van der Waals surface area (Å²) in [6, 6.07) is 9.14. The molecule has 3 heterocycles. The van der Waals surface area contributed by atoms with Crippen molar-refractivity contribution >= 4 is 23.2 Å². The van der Waals surface area contributed by atoms with Gasteiger partial charge in [-0.25, -0.2) is 8.78 Å². The van der Waals surface area contributed by atoms with Gasteiger partial charge in [0.1, 0.15) is 6.04 Å². The van der Waals surface area contributed by atoms with E-state index < -0.39 is 12.5 Å². The molecule has 5 nitrogen and oxygen atoms in total. The normalized spacial score (nSPS) is 18.7. The number of hydrogen-bond acceptors (Lipinski definition) is 4. The molecule has 0 saturated carbocycles. The van der Waals surface area contributed by atoms with Gasteiger partial charge in [-0.1, -0.05) is 36.4 Å². The molecule has 2 atom stereocenters. The molecule has 2 aliphatic heterocycles. The molecule has 1 fully saturated rings. The Morgan fingerprint density at radius 3 is 2.69 bits per heavy atom. The number of allylic oxidation sites excluding steroid dienone is 2. The number of rotatable bonds is 9. The number of thiophene rings is 1. The number of carbonyl (C=O) groups excluding carboxylic acids is 2. The highest BCUT2D eigenvalue weighted by atomic mass is 32.1. The minimum absolute atomic E-state index is 0.0233. The Kier molecular flexibility index (Phi) is 8.69. The first-order valence-corrected chi connectivity index (χ1v) is 13.0. The van der Waals surface area contributed by atoms with Gasteiger partial charge in [0.05, 0.1) is 4.88 Å². The minimum atomic E-state index is -2.51. The Morgan fingerprint density at radius 2 is 2.00 bits per heavy atom. The minimum Gasteiger partial charge on any atom is -0.387 e. The summed E-state index contributed by atoms with van der Waals surface area (Å²) in [5.41, 5.74) is 2.10. The molecule has 0 aliphatic carbocycles. The number of alkyl halides is 2. The largest absolute Gasteiger partial charge is 0.387 e. The highest BCUT2D eigenvalue weighted by Crippen LogP contribution is 2.25. The molecule has 2 N–H and O–H groups in total. The number of nitrogens with zero attached hydrogens (tertiary/aromatic N) is 1. The molecule has 1 saturated heterocycles. The van der Waals surface area contributed by atoms with Gasteiger partial charge < -0.3 is 15.5 Å². The van der Waals surface area contributed by atoms with E-state index in [0.717, 1.165) is 37.8 Å². The third kappa shape index (κ3) is 6.78. The lowest BCUT2D eigenvalue weighted by molar-refractivity contribution is -0.137. The van der Waals surface area contributed by atoms with E-state index in [9.17, 15) is 18.4 Å². The van der Waals surface area contributed by atoms with Crippen LogP contribution in [0.3, 0.4) is 0 Å². The molecule has 186 valence electrons. The van der Waals surface area contributed by atoms with Gasteiger partial charge in [-0.05, 0) is 73.4 Å². The average Bonchev–Trinajstić information content (AvgIpc) is 3.43. The maximum absolute atomic E-state index is 13.8. The van der Waals surface area contributed by atoms with Crippen molar-refractivity contribution in [2.24, 2.45) is 0 Å². The van der Waals surface area contributed by atoms with Gasteiger partial charge in [0.2, 0.25) is 5.91 Å². The van der Waals surface area contributed by atoms with E-state index >= 15 is 0 Å². The van der Waals surface area contributed by atoms with Crippen LogP contribution < -0.4 is 10.6 Å². The first-order valence-electron chi connectivity index (χ1n) is 12.1. The number of nitrogens with one attached hydrogen (secondary N) is 2. The highest BCUT2D eigenvalue weighted by Gasteiger charge is 2.33. The van der Waals surface area contributed by atoms with E-state index in [4.69, 9.17) is 0 Å². The predicted octanol–water partition coefficient (Wildman–Crippen LogP) is 5.23. The summed E-state index contributed by atoms with van der Waals surface area (Å²) in [7, 11) is 0. The van der Waals surface area contributed by atoms with Crippen molar-refractivity contribution in [3.05, 3.63) is 81.7 Å². The average molecular weight is 500 g/mol. The molecule has 8 heteroatoms. The molecule has 2 aromatic rings. The van der Waals surface area contributed by atoms with Gasteiger partial charge in [0.15, 0.2) is 0 Å². The third-order valence-electron chi connectivity index (χ3n) is 6.58. The van der Waals surface area contributed by atoms with Crippen LogP contribution in [-0.2, 0) is 11.2 Å². The van der Waals surface area contributed by atoms with Crippen molar-refractivity contribution in [3.8, 4) is 0 Å². The second kappa shape index (κ2) is 12.1. The number of piperidine rings is 1. The summed E-state index contributed by atoms with van der Waals surface area (Å²) in [6.45, 7) is 1.46. The van der Waals surface area contributed by atoms with Crippen LogP contribution in [-0.4, -0.2) is 41.9 Å². The number of hydrogen-bond donors (Lipinski definition) is 2. The van der Waals surface area contributed by atoms with Crippen molar-refractivity contribution in [1.29, 1.82) is 0 Å². The Labute approximate surface area is 208 Å². The number of dihydropyridines is 1. The fourth-order valence-corrected chi connectivity index (χ4v) is 5.31. The van der Waals surface area contributed by atoms with Crippen molar-refractivity contribution < 1.29 is 18.4 Å². The van der Waals surface area contributed by atoms with Crippen LogP contribution in [0.4, 0.5) is 8.78 Å². The van der Waals surface area contributed by atoms with Gasteiger partial charge in [-0.2, -0.15) is 0 Å². The lowest BCUT2D eigenvalue weighted by atomic mass is 9.93. The predicted molar refractivity (Wildman–Crippen MR) is 134 cm³/mol. The summed E-state index contributed by atoms with van der Waals surface area (Å²) < 4.78 is 25.8. The fourth-order valence-electron chi connectivity index (χ4n) is 4.68. The standard InChI is InChI=1S/C27H31F2N3O2S/c28-25(29)21-11-8-19(9-12-21)10-13-23(31-26(33)24-7-4-16-35-24)27(34)32-15-2-1-6-22(32)17-20-5-3-14-30-18-20/h3-5,7-9,11-12,14,16,22-23,25,30H,1-2,6,10,13,15,17-18H2,(H,31,33). The molecular weight excluding hydrogens is 468 g/mol. The topological polar surface area (TPSA) is 61.4 Å². The molecule has 2 unspecified atom stereocenters. The number of aryl methyl sites for hydroxylation is 1. The monoisotopic (exact) mass is 499 g/mol. The number of amides is 2. The van der Waals surface area contributed by atoms with Gasteiger partial charge in [0.25, 0.3) is 12.3 Å². The molecule has 2 aliphatic rings. The van der Waals surface area contributed by atoms with Crippen molar-refractivity contribution in [2.75, 3.05) is 13.1 Å². The Hall–Kier alpha value is -3.00. The van der Waals surface area contributed by atoms with Crippen LogP contribution in [0.15, 0.2) is 65.7 Å². The fraction of sp³-hybridized carbons (Fsp3) is 0.407. The molecule has 0 spiro atoms. The van der Waals surface area contributed by atoms with E-state index in [2.05, 4.69) is 16.7 Å². The summed E-state index contributed by atoms with van der Waals surface area (Å²) in [5.74, 6) is -0.326. The molecule has 35 heavy (non-hydrogen) atoms. The molecular formula is C27H31F2N3O2S. The van der Waals surface area contributed by atoms with Crippen molar-refractivity contribution in [1.82, 2.24) is 15.5 Å².